The lowest BCUT2D eigenvalue weighted by Gasteiger charge is -2.19. The zero-order chi connectivity index (χ0) is 24.7. The van der Waals surface area contributed by atoms with Gasteiger partial charge in [0, 0.05) is 22.9 Å². The summed E-state index contributed by atoms with van der Waals surface area (Å²) in [6, 6.07) is 10.4. The summed E-state index contributed by atoms with van der Waals surface area (Å²) in [5, 5.41) is 17.8. The summed E-state index contributed by atoms with van der Waals surface area (Å²) < 4.78 is 33.7. The van der Waals surface area contributed by atoms with Gasteiger partial charge in [0.25, 0.3) is 0 Å². The normalized spacial score (nSPS) is 12.1. The second-order valence-corrected chi connectivity index (χ2v) is 8.25. The van der Waals surface area contributed by atoms with Crippen molar-refractivity contribution in [2.45, 2.75) is 26.8 Å². The third-order valence-corrected chi connectivity index (χ3v) is 5.78. The van der Waals surface area contributed by atoms with Gasteiger partial charge in [0.15, 0.2) is 17.1 Å². The lowest BCUT2D eigenvalue weighted by Crippen LogP contribution is -2.13. The van der Waals surface area contributed by atoms with Crippen LogP contribution in [0.2, 0.25) is 0 Å². The van der Waals surface area contributed by atoms with Crippen LogP contribution in [0.5, 0.6) is 0 Å². The first-order valence-electron chi connectivity index (χ1n) is 10.8. The van der Waals surface area contributed by atoms with E-state index in [0.717, 1.165) is 17.7 Å². The van der Waals surface area contributed by atoms with Crippen molar-refractivity contribution in [3.8, 4) is 22.8 Å². The number of nitrogens with zero attached hydrogens (tertiary/aromatic N) is 4. The molecule has 0 amide bonds. The molecule has 0 spiro atoms. The zero-order valence-electron chi connectivity index (χ0n) is 19.1. The molecule has 35 heavy (non-hydrogen) atoms. The van der Waals surface area contributed by atoms with E-state index >= 15 is 0 Å². The number of pyridine rings is 1. The highest BCUT2D eigenvalue weighted by atomic mass is 19.2. The molecule has 1 atom stereocenters. The molecule has 8 nitrogen and oxygen atoms in total. The maximum absolute atomic E-state index is 13.9. The largest absolute Gasteiger partial charge is 0.455 e. The summed E-state index contributed by atoms with van der Waals surface area (Å²) >= 11 is 0. The van der Waals surface area contributed by atoms with Gasteiger partial charge in [0.1, 0.15) is 17.0 Å². The first-order valence-corrected chi connectivity index (χ1v) is 10.8. The van der Waals surface area contributed by atoms with Crippen LogP contribution in [0.1, 0.15) is 29.7 Å². The number of aryl methyl sites for hydroxylation is 1. The van der Waals surface area contributed by atoms with Gasteiger partial charge < -0.3 is 9.73 Å². The number of H-pyrrole nitrogens is 1. The summed E-state index contributed by atoms with van der Waals surface area (Å²) in [6.45, 7) is 5.42. The molecular weight excluding hydrogens is 454 g/mol. The summed E-state index contributed by atoms with van der Waals surface area (Å²) in [6.07, 6.45) is 1.62. The van der Waals surface area contributed by atoms with E-state index in [1.54, 1.807) is 25.3 Å². The van der Waals surface area contributed by atoms with Gasteiger partial charge in [0.2, 0.25) is 5.82 Å². The molecule has 0 radical (unpaired) electrons. The fourth-order valence-electron chi connectivity index (χ4n) is 4.08. The Balaban J connectivity index is 1.65. The summed E-state index contributed by atoms with van der Waals surface area (Å²) in [7, 11) is 0. The van der Waals surface area contributed by atoms with E-state index in [4.69, 9.17) is 4.42 Å². The molecule has 5 rings (SSSR count). The van der Waals surface area contributed by atoms with Crippen LogP contribution < -0.4 is 10.7 Å². The first-order chi connectivity index (χ1) is 16.8. The van der Waals surface area contributed by atoms with Crippen molar-refractivity contribution in [2.75, 3.05) is 5.32 Å². The van der Waals surface area contributed by atoms with Gasteiger partial charge >= 0.3 is 0 Å². The van der Waals surface area contributed by atoms with Gasteiger partial charge in [-0.15, -0.1) is 10.2 Å². The van der Waals surface area contributed by atoms with Gasteiger partial charge in [-0.25, -0.2) is 8.78 Å². The van der Waals surface area contributed by atoms with Gasteiger partial charge in [-0.1, -0.05) is 6.07 Å². The summed E-state index contributed by atoms with van der Waals surface area (Å²) in [4.78, 5) is 17.6. The molecule has 10 heteroatoms. The quantitative estimate of drug-likeness (QED) is 0.365. The fraction of sp³-hybridized carbons (Fsp3) is 0.160. The molecule has 5 aromatic rings. The van der Waals surface area contributed by atoms with Gasteiger partial charge in [-0.2, -0.15) is 5.21 Å². The topological polar surface area (TPSA) is 110 Å². The first kappa shape index (κ1) is 22.3. The van der Waals surface area contributed by atoms with Crippen molar-refractivity contribution < 1.29 is 13.2 Å². The van der Waals surface area contributed by atoms with Crippen LogP contribution >= 0.6 is 0 Å². The molecular formula is C25H20F2N6O2. The van der Waals surface area contributed by atoms with Crippen molar-refractivity contribution in [3.63, 3.8) is 0 Å². The minimum Gasteiger partial charge on any atom is -0.455 e. The Morgan fingerprint density at radius 1 is 1.09 bits per heavy atom. The minimum atomic E-state index is -1.02. The lowest BCUT2D eigenvalue weighted by atomic mass is 9.98. The Morgan fingerprint density at radius 2 is 1.91 bits per heavy atom. The van der Waals surface area contributed by atoms with Gasteiger partial charge in [-0.05, 0) is 67.9 Å². The van der Waals surface area contributed by atoms with Crippen LogP contribution in [0.4, 0.5) is 14.5 Å². The van der Waals surface area contributed by atoms with Crippen molar-refractivity contribution in [1.82, 2.24) is 25.6 Å². The molecule has 0 saturated carbocycles. The number of nitrogens with one attached hydrogen (secondary N) is 2. The third-order valence-electron chi connectivity index (χ3n) is 5.78. The zero-order valence-corrected chi connectivity index (χ0v) is 19.1. The number of aromatic nitrogens is 5. The molecule has 3 heterocycles. The average molecular weight is 474 g/mol. The molecule has 0 fully saturated rings. The van der Waals surface area contributed by atoms with Crippen LogP contribution in [-0.2, 0) is 0 Å². The fourth-order valence-corrected chi connectivity index (χ4v) is 4.08. The van der Waals surface area contributed by atoms with Crippen molar-refractivity contribution in [3.05, 3.63) is 87.2 Å². The van der Waals surface area contributed by atoms with Crippen molar-refractivity contribution in [1.29, 1.82) is 0 Å². The van der Waals surface area contributed by atoms with Gasteiger partial charge in [-0.3, -0.25) is 9.78 Å². The van der Waals surface area contributed by atoms with Crippen LogP contribution in [0.25, 0.3) is 33.8 Å². The number of benzene rings is 2. The Kier molecular flexibility index (Phi) is 5.56. The molecule has 176 valence electrons. The number of anilines is 1. The van der Waals surface area contributed by atoms with Gasteiger partial charge in [0.05, 0.1) is 17.1 Å². The Labute approximate surface area is 198 Å². The maximum atomic E-state index is 13.9. The van der Waals surface area contributed by atoms with Crippen LogP contribution in [0, 0.1) is 25.5 Å². The molecule has 0 aliphatic rings. The number of hydrogen-bond acceptors (Lipinski definition) is 7. The number of halogens is 2. The molecule has 0 aliphatic carbocycles. The summed E-state index contributed by atoms with van der Waals surface area (Å²) in [5.74, 6) is -1.48. The predicted octanol–water partition coefficient (Wildman–Crippen LogP) is 5.10. The van der Waals surface area contributed by atoms with Crippen LogP contribution in [-0.4, -0.2) is 25.6 Å². The highest BCUT2D eigenvalue weighted by Gasteiger charge is 2.21. The summed E-state index contributed by atoms with van der Waals surface area (Å²) in [5.41, 5.74) is 3.46. The van der Waals surface area contributed by atoms with E-state index in [0.29, 0.717) is 39.3 Å². The minimum absolute atomic E-state index is 0.188. The number of fused-ring (bicyclic) bond motifs is 1. The van der Waals surface area contributed by atoms with E-state index in [1.807, 2.05) is 26.0 Å². The van der Waals surface area contributed by atoms with E-state index in [2.05, 4.69) is 30.9 Å². The maximum Gasteiger partial charge on any atom is 0.225 e. The number of rotatable bonds is 5. The van der Waals surface area contributed by atoms with Crippen molar-refractivity contribution in [2.24, 2.45) is 0 Å². The Bertz CT molecular complexity index is 1620. The van der Waals surface area contributed by atoms with E-state index in [9.17, 15) is 13.6 Å². The number of tetrazole rings is 1. The standard InChI is InChI=1S/C25H20F2N6O2/c1-12-9-16(14(3)29-20-5-4-8-28-21(20)25-30-32-33-31-25)24-17(10-12)22(34)13(2)23(35-24)15-6-7-18(26)19(27)11-15/h4-11,14,29H,1-3H3,(H,30,31,32,33). The Hall–Kier alpha value is -4.47. The van der Waals surface area contributed by atoms with E-state index in [-0.39, 0.29) is 22.8 Å². The van der Waals surface area contributed by atoms with Crippen LogP contribution in [0.15, 0.2) is 57.9 Å². The highest BCUT2D eigenvalue weighted by molar-refractivity contribution is 5.85. The van der Waals surface area contributed by atoms with E-state index < -0.39 is 11.6 Å². The SMILES string of the molecule is Cc1cc(C(C)Nc2cccnc2-c2nn[nH]n2)c2oc(-c3ccc(F)c(F)c3)c(C)c(=O)c2c1. The second-order valence-electron chi connectivity index (χ2n) is 8.25. The molecule has 2 aromatic carbocycles. The molecule has 3 aromatic heterocycles. The third kappa shape index (κ3) is 4.03. The highest BCUT2D eigenvalue weighted by Crippen LogP contribution is 2.33. The molecule has 0 bridgehead atoms. The smallest absolute Gasteiger partial charge is 0.225 e. The molecule has 1 unspecified atom stereocenters. The lowest BCUT2D eigenvalue weighted by molar-refractivity contribution is 0.508. The van der Waals surface area contributed by atoms with Crippen molar-refractivity contribution >= 4 is 16.7 Å². The average Bonchev–Trinajstić information content (AvgIpc) is 3.38. The molecule has 2 N–H and O–H groups in total. The molecule has 0 saturated heterocycles. The van der Waals surface area contributed by atoms with Crippen LogP contribution in [0.3, 0.4) is 0 Å². The molecule has 0 aliphatic heterocycles. The predicted molar refractivity (Wildman–Crippen MR) is 127 cm³/mol. The van der Waals surface area contributed by atoms with E-state index in [1.165, 1.54) is 6.07 Å². The second kappa shape index (κ2) is 8.71. The Morgan fingerprint density at radius 3 is 2.66 bits per heavy atom. The number of hydrogen-bond donors (Lipinski definition) is 2. The monoisotopic (exact) mass is 474 g/mol. The number of aromatic amines is 1.